The highest BCUT2D eigenvalue weighted by atomic mass is 16.6. The minimum atomic E-state index is -0.771. The van der Waals surface area contributed by atoms with Gasteiger partial charge in [0.05, 0.1) is 0 Å². The molecule has 0 spiro atoms. The van der Waals surface area contributed by atoms with E-state index in [1.165, 1.54) is 231 Å². The van der Waals surface area contributed by atoms with Crippen molar-refractivity contribution in [3.63, 3.8) is 0 Å². The normalized spacial score (nSPS) is 12.3. The molecule has 6 nitrogen and oxygen atoms in total. The van der Waals surface area contributed by atoms with Crippen LogP contribution in [0.1, 0.15) is 355 Å². The minimum Gasteiger partial charge on any atom is -0.462 e. The van der Waals surface area contributed by atoms with Crippen molar-refractivity contribution in [2.45, 2.75) is 361 Å². The lowest BCUT2D eigenvalue weighted by atomic mass is 10.0. The van der Waals surface area contributed by atoms with Gasteiger partial charge in [0.2, 0.25) is 0 Å². The van der Waals surface area contributed by atoms with E-state index in [0.717, 1.165) is 83.5 Å². The Kier molecular flexibility index (Phi) is 61.7. The molecule has 0 aromatic heterocycles. The third-order valence-electron chi connectivity index (χ3n) is 14.8. The van der Waals surface area contributed by atoms with Crippen LogP contribution in [0.15, 0.2) is 48.6 Å². The van der Waals surface area contributed by atoms with Crippen molar-refractivity contribution >= 4 is 17.9 Å². The van der Waals surface area contributed by atoms with Crippen molar-refractivity contribution in [2.24, 2.45) is 0 Å². The van der Waals surface area contributed by atoms with Gasteiger partial charge < -0.3 is 14.2 Å². The first kappa shape index (κ1) is 72.4. The number of carbonyl (C=O) groups excluding carboxylic acids is 3. The van der Waals surface area contributed by atoms with E-state index < -0.39 is 6.10 Å². The second-order valence-electron chi connectivity index (χ2n) is 22.4. The summed E-state index contributed by atoms with van der Waals surface area (Å²) < 4.78 is 17.0. The van der Waals surface area contributed by atoms with Gasteiger partial charge in [-0.05, 0) is 57.8 Å². The number of allylic oxidation sites excluding steroid dienone is 8. The molecule has 0 radical (unpaired) electrons. The molecule has 0 rings (SSSR count). The van der Waals surface area contributed by atoms with Crippen molar-refractivity contribution in [3.8, 4) is 0 Å². The third kappa shape index (κ3) is 62.1. The zero-order valence-corrected chi connectivity index (χ0v) is 50.3. The van der Waals surface area contributed by atoms with E-state index in [1.54, 1.807) is 0 Å². The molecule has 0 N–H and O–H groups in total. The van der Waals surface area contributed by atoms with Gasteiger partial charge in [-0.25, -0.2) is 0 Å². The predicted octanol–water partition coefficient (Wildman–Crippen LogP) is 22.6. The molecule has 0 aromatic rings. The van der Waals surface area contributed by atoms with Gasteiger partial charge >= 0.3 is 17.9 Å². The molecule has 1 unspecified atom stereocenters. The quantitative estimate of drug-likeness (QED) is 0.0261. The van der Waals surface area contributed by atoms with Crippen molar-refractivity contribution in [3.05, 3.63) is 48.6 Å². The van der Waals surface area contributed by atoms with Crippen LogP contribution in [-0.4, -0.2) is 37.2 Å². The second-order valence-corrected chi connectivity index (χ2v) is 22.4. The molecule has 0 aromatic carbocycles. The largest absolute Gasteiger partial charge is 0.462 e. The minimum absolute atomic E-state index is 0.0687. The summed E-state index contributed by atoms with van der Waals surface area (Å²) in [5.74, 6) is -0.849. The first-order chi connectivity index (χ1) is 37.0. The van der Waals surface area contributed by atoms with Crippen molar-refractivity contribution in [1.29, 1.82) is 0 Å². The van der Waals surface area contributed by atoms with Gasteiger partial charge in [-0.2, -0.15) is 0 Å². The van der Waals surface area contributed by atoms with Crippen LogP contribution in [-0.2, 0) is 28.6 Å². The lowest BCUT2D eigenvalue weighted by Crippen LogP contribution is -2.30. The first-order valence-corrected chi connectivity index (χ1v) is 33.1. The third-order valence-corrected chi connectivity index (χ3v) is 14.8. The van der Waals surface area contributed by atoms with Crippen molar-refractivity contribution in [2.75, 3.05) is 13.2 Å². The summed E-state index contributed by atoms with van der Waals surface area (Å²) in [5, 5.41) is 0. The SMILES string of the molecule is CC/C=C\C/C=C\C/C=C\C/C=C\CCCCCCCCCCCCC(=O)OCC(COC(=O)CCCCCCCCCCCCCC)OC(=O)CCCCCCCCCCCCCCCCCCCCCCCC. The average Bonchev–Trinajstić information content (AvgIpc) is 3.41. The molecule has 0 saturated carbocycles. The van der Waals surface area contributed by atoms with Gasteiger partial charge in [0.15, 0.2) is 6.10 Å². The van der Waals surface area contributed by atoms with Gasteiger partial charge in [0.25, 0.3) is 0 Å². The van der Waals surface area contributed by atoms with Gasteiger partial charge in [-0.15, -0.1) is 0 Å². The first-order valence-electron chi connectivity index (χ1n) is 33.1. The highest BCUT2D eigenvalue weighted by molar-refractivity contribution is 5.71. The number of esters is 3. The molecule has 75 heavy (non-hydrogen) atoms. The Morgan fingerprint density at radius 1 is 0.280 bits per heavy atom. The molecule has 0 aliphatic heterocycles. The number of rotatable bonds is 61. The Bertz CT molecular complexity index is 1300. The van der Waals surface area contributed by atoms with Crippen molar-refractivity contribution < 1.29 is 28.6 Å². The second kappa shape index (κ2) is 63.9. The number of carbonyl (C=O) groups is 3. The Morgan fingerprint density at radius 2 is 0.520 bits per heavy atom. The van der Waals surface area contributed by atoms with Gasteiger partial charge in [0.1, 0.15) is 13.2 Å². The average molecular weight is 1050 g/mol. The summed E-state index contributed by atoms with van der Waals surface area (Å²) in [6, 6.07) is 0. The fourth-order valence-corrected chi connectivity index (χ4v) is 9.91. The monoisotopic (exact) mass is 1050 g/mol. The van der Waals surface area contributed by atoms with Crippen LogP contribution in [0.25, 0.3) is 0 Å². The molecule has 0 aliphatic rings. The summed E-state index contributed by atoms with van der Waals surface area (Å²) in [7, 11) is 0. The fraction of sp³-hybridized carbons (Fsp3) is 0.841. The topological polar surface area (TPSA) is 78.9 Å². The summed E-state index contributed by atoms with van der Waals surface area (Å²) in [6.45, 7) is 6.58. The lowest BCUT2D eigenvalue weighted by molar-refractivity contribution is -0.167. The van der Waals surface area contributed by atoms with E-state index in [4.69, 9.17) is 14.2 Å². The van der Waals surface area contributed by atoms with E-state index in [2.05, 4.69) is 69.4 Å². The molecule has 0 bridgehead atoms. The Labute approximate surface area is 467 Å². The van der Waals surface area contributed by atoms with Crippen LogP contribution in [0.3, 0.4) is 0 Å². The van der Waals surface area contributed by atoms with E-state index in [-0.39, 0.29) is 31.1 Å². The van der Waals surface area contributed by atoms with Gasteiger partial charge in [0, 0.05) is 19.3 Å². The van der Waals surface area contributed by atoms with Crippen molar-refractivity contribution in [1.82, 2.24) is 0 Å². The lowest BCUT2D eigenvalue weighted by Gasteiger charge is -2.18. The molecule has 0 heterocycles. The van der Waals surface area contributed by atoms with Gasteiger partial charge in [-0.3, -0.25) is 14.4 Å². The zero-order chi connectivity index (χ0) is 54.3. The maximum atomic E-state index is 12.9. The molecular weight excluding hydrogens is 925 g/mol. The molecule has 438 valence electrons. The van der Waals surface area contributed by atoms with E-state index in [9.17, 15) is 14.4 Å². The van der Waals surface area contributed by atoms with E-state index in [0.29, 0.717) is 19.3 Å². The van der Waals surface area contributed by atoms with Crippen LogP contribution in [0.2, 0.25) is 0 Å². The smallest absolute Gasteiger partial charge is 0.306 e. The van der Waals surface area contributed by atoms with Crippen LogP contribution >= 0.6 is 0 Å². The van der Waals surface area contributed by atoms with E-state index >= 15 is 0 Å². The Hall–Kier alpha value is -2.63. The molecule has 0 aliphatic carbocycles. The summed E-state index contributed by atoms with van der Waals surface area (Å²) in [4.78, 5) is 38.3. The standard InChI is InChI=1S/C69H126O6/c1-4-7-10-13-16-19-22-25-27-29-31-33-35-37-38-40-42-44-47-50-53-56-59-62-68(71)74-65-66(64-73-67(70)61-58-55-52-49-46-24-21-18-15-12-9-6-3)75-69(72)63-60-57-54-51-48-45-43-41-39-36-34-32-30-28-26-23-20-17-14-11-8-5-2/h7,10,16,19,25,27,31,33,66H,4-6,8-9,11-15,17-18,20-24,26,28-30,32,34-65H2,1-3H3/b10-7-,19-16-,27-25-,33-31-. The molecule has 0 fully saturated rings. The maximum Gasteiger partial charge on any atom is 0.306 e. The Balaban J connectivity index is 4.25. The number of unbranched alkanes of at least 4 members (excludes halogenated alkanes) is 42. The van der Waals surface area contributed by atoms with Crippen LogP contribution in [0, 0.1) is 0 Å². The maximum absolute atomic E-state index is 12.9. The van der Waals surface area contributed by atoms with Gasteiger partial charge in [-0.1, -0.05) is 326 Å². The number of hydrogen-bond acceptors (Lipinski definition) is 6. The van der Waals surface area contributed by atoms with Crippen LogP contribution in [0.5, 0.6) is 0 Å². The molecule has 0 saturated heterocycles. The summed E-state index contributed by atoms with van der Waals surface area (Å²) in [6.07, 6.45) is 79.8. The fourth-order valence-electron chi connectivity index (χ4n) is 9.91. The predicted molar refractivity (Wildman–Crippen MR) is 325 cm³/mol. The summed E-state index contributed by atoms with van der Waals surface area (Å²) >= 11 is 0. The highest BCUT2D eigenvalue weighted by Gasteiger charge is 2.19. The zero-order valence-electron chi connectivity index (χ0n) is 50.3. The molecule has 0 amide bonds. The number of hydrogen-bond donors (Lipinski definition) is 0. The van der Waals surface area contributed by atoms with Crippen LogP contribution in [0.4, 0.5) is 0 Å². The Morgan fingerprint density at radius 3 is 0.813 bits per heavy atom. The van der Waals surface area contributed by atoms with E-state index in [1.807, 2.05) is 0 Å². The van der Waals surface area contributed by atoms with Crippen LogP contribution < -0.4 is 0 Å². The highest BCUT2D eigenvalue weighted by Crippen LogP contribution is 2.18. The number of ether oxygens (including phenoxy) is 3. The molecular formula is C69H126O6. The summed E-state index contributed by atoms with van der Waals surface area (Å²) in [5.41, 5.74) is 0. The molecule has 1 atom stereocenters. The molecule has 6 heteroatoms.